The monoisotopic (exact) mass is 285 g/mol. The van der Waals surface area contributed by atoms with E-state index in [1.54, 1.807) is 0 Å². The lowest BCUT2D eigenvalue weighted by Crippen LogP contribution is -2.30. The zero-order valence-electron chi connectivity index (χ0n) is 11.2. The normalized spacial score (nSPS) is 15.1. The molecule has 1 aliphatic heterocycles. The van der Waals surface area contributed by atoms with Gasteiger partial charge in [-0.25, -0.2) is 0 Å². The van der Waals surface area contributed by atoms with E-state index >= 15 is 0 Å². The van der Waals surface area contributed by atoms with E-state index < -0.39 is 0 Å². The molecule has 0 saturated carbocycles. The molecule has 20 heavy (non-hydrogen) atoms. The molecule has 3 nitrogen and oxygen atoms in total. The van der Waals surface area contributed by atoms with Gasteiger partial charge in [-0.3, -0.25) is 0 Å². The summed E-state index contributed by atoms with van der Waals surface area (Å²) < 4.78 is 0. The maximum atomic E-state index is 9.34. The average molecular weight is 286 g/mol. The van der Waals surface area contributed by atoms with Gasteiger partial charge in [-0.05, 0) is 43.0 Å². The van der Waals surface area contributed by atoms with Crippen molar-refractivity contribution in [3.63, 3.8) is 0 Å². The maximum Gasteiger partial charge on any atom is 0.124 e. The minimum absolute atomic E-state index is 0.719. The van der Waals surface area contributed by atoms with Gasteiger partial charge in [-0.1, -0.05) is 23.7 Å². The van der Waals surface area contributed by atoms with Crippen molar-refractivity contribution in [1.82, 2.24) is 4.98 Å². The Hall–Kier alpha value is -1.92. The van der Waals surface area contributed by atoms with Crippen molar-refractivity contribution in [2.45, 2.75) is 19.3 Å². The molecule has 1 aromatic carbocycles. The van der Waals surface area contributed by atoms with Crippen LogP contribution in [0, 0.1) is 11.3 Å². The molecule has 1 N–H and O–H groups in total. The summed E-state index contributed by atoms with van der Waals surface area (Å²) in [7, 11) is 0. The molecule has 2 aromatic rings. The Labute approximate surface area is 123 Å². The highest BCUT2D eigenvalue weighted by atomic mass is 35.5. The average Bonchev–Trinajstić information content (AvgIpc) is 2.93. The lowest BCUT2D eigenvalue weighted by Gasteiger charge is -2.27. The molecule has 4 heteroatoms. The van der Waals surface area contributed by atoms with Crippen molar-refractivity contribution in [2.24, 2.45) is 0 Å². The first-order chi connectivity index (χ1) is 9.78. The van der Waals surface area contributed by atoms with Crippen LogP contribution in [0.1, 0.15) is 24.8 Å². The predicted octanol–water partition coefficient (Wildman–Crippen LogP) is 4.20. The van der Waals surface area contributed by atoms with E-state index in [0.717, 1.165) is 40.8 Å². The number of benzene rings is 1. The van der Waals surface area contributed by atoms with Gasteiger partial charge in [0.15, 0.2) is 0 Å². The molecule has 0 unspecified atom stereocenters. The fraction of sp³-hybridized carbons (Fsp3) is 0.312. The summed E-state index contributed by atoms with van der Waals surface area (Å²) >= 11 is 5.91. The standard InChI is InChI=1S/C16H16ClN3/c17-14-6-4-12(5-7-14)15-10-13(11-18)16(19-15)20-8-2-1-3-9-20/h4-7,10,19H,1-3,8-9H2. The van der Waals surface area contributed by atoms with E-state index in [2.05, 4.69) is 16.0 Å². The lowest BCUT2D eigenvalue weighted by molar-refractivity contribution is 0.574. The molecule has 0 atom stereocenters. The molecule has 1 fully saturated rings. The number of nitrogens with zero attached hydrogens (tertiary/aromatic N) is 2. The first-order valence-electron chi connectivity index (χ1n) is 6.92. The van der Waals surface area contributed by atoms with Crippen molar-refractivity contribution >= 4 is 17.4 Å². The van der Waals surface area contributed by atoms with E-state index in [9.17, 15) is 5.26 Å². The summed E-state index contributed by atoms with van der Waals surface area (Å²) in [4.78, 5) is 5.68. The SMILES string of the molecule is N#Cc1cc(-c2ccc(Cl)cc2)[nH]c1N1CCCCC1. The molecular formula is C16H16ClN3. The number of halogens is 1. The first-order valence-corrected chi connectivity index (χ1v) is 7.30. The number of aromatic nitrogens is 1. The van der Waals surface area contributed by atoms with Crippen molar-refractivity contribution in [2.75, 3.05) is 18.0 Å². The molecular weight excluding hydrogens is 270 g/mol. The van der Waals surface area contributed by atoms with Gasteiger partial charge in [0.1, 0.15) is 11.9 Å². The highest BCUT2D eigenvalue weighted by Crippen LogP contribution is 2.29. The number of hydrogen-bond donors (Lipinski definition) is 1. The molecule has 0 spiro atoms. The maximum absolute atomic E-state index is 9.34. The quantitative estimate of drug-likeness (QED) is 0.899. The lowest BCUT2D eigenvalue weighted by atomic mass is 10.1. The van der Waals surface area contributed by atoms with E-state index in [1.807, 2.05) is 30.3 Å². The Bertz CT molecular complexity index is 631. The van der Waals surface area contributed by atoms with Gasteiger partial charge in [0, 0.05) is 23.8 Å². The third-order valence-electron chi connectivity index (χ3n) is 3.74. The summed E-state index contributed by atoms with van der Waals surface area (Å²) in [5.74, 6) is 0.956. The van der Waals surface area contributed by atoms with Crippen molar-refractivity contribution in [3.8, 4) is 17.3 Å². The number of nitrogens with one attached hydrogen (secondary N) is 1. The molecule has 102 valence electrons. The molecule has 0 amide bonds. The number of rotatable bonds is 2. The molecule has 0 aliphatic carbocycles. The second-order valence-electron chi connectivity index (χ2n) is 5.11. The minimum Gasteiger partial charge on any atom is -0.357 e. The number of nitriles is 1. The second kappa shape index (κ2) is 5.60. The van der Waals surface area contributed by atoms with E-state index in [-0.39, 0.29) is 0 Å². The van der Waals surface area contributed by atoms with Gasteiger partial charge in [0.05, 0.1) is 5.56 Å². The number of aromatic amines is 1. The van der Waals surface area contributed by atoms with Gasteiger partial charge >= 0.3 is 0 Å². The fourth-order valence-electron chi connectivity index (χ4n) is 2.68. The van der Waals surface area contributed by atoms with Gasteiger partial charge < -0.3 is 9.88 Å². The minimum atomic E-state index is 0.719. The summed E-state index contributed by atoms with van der Waals surface area (Å²) in [6.45, 7) is 2.05. The van der Waals surface area contributed by atoms with Crippen molar-refractivity contribution < 1.29 is 0 Å². The number of anilines is 1. The van der Waals surface area contributed by atoms with Crippen LogP contribution in [-0.4, -0.2) is 18.1 Å². The summed E-state index contributed by atoms with van der Waals surface area (Å²) in [6.07, 6.45) is 3.67. The second-order valence-corrected chi connectivity index (χ2v) is 5.55. The molecule has 1 aromatic heterocycles. The Morgan fingerprint density at radius 2 is 1.80 bits per heavy atom. The predicted molar refractivity (Wildman–Crippen MR) is 82.0 cm³/mol. The third kappa shape index (κ3) is 2.52. The molecule has 0 bridgehead atoms. The summed E-state index contributed by atoms with van der Waals surface area (Å²) in [6, 6.07) is 11.9. The van der Waals surface area contributed by atoms with Gasteiger partial charge in [0.2, 0.25) is 0 Å². The molecule has 1 aliphatic rings. The summed E-state index contributed by atoms with van der Waals surface area (Å²) in [5.41, 5.74) is 2.74. The number of H-pyrrole nitrogens is 1. The Kier molecular flexibility index (Phi) is 3.66. The van der Waals surface area contributed by atoms with Gasteiger partial charge in [-0.2, -0.15) is 5.26 Å². The van der Waals surface area contributed by atoms with Crippen LogP contribution >= 0.6 is 11.6 Å². The van der Waals surface area contributed by atoms with Crippen LogP contribution in [0.15, 0.2) is 30.3 Å². The smallest absolute Gasteiger partial charge is 0.124 e. The van der Waals surface area contributed by atoms with Gasteiger partial charge in [0.25, 0.3) is 0 Å². The van der Waals surface area contributed by atoms with Crippen molar-refractivity contribution in [1.29, 1.82) is 5.26 Å². The molecule has 1 saturated heterocycles. The number of hydrogen-bond acceptors (Lipinski definition) is 2. The van der Waals surface area contributed by atoms with Crippen LogP contribution < -0.4 is 4.90 Å². The fourth-order valence-corrected chi connectivity index (χ4v) is 2.81. The molecule has 2 heterocycles. The van der Waals surface area contributed by atoms with E-state index in [4.69, 9.17) is 11.6 Å². The highest BCUT2D eigenvalue weighted by Gasteiger charge is 2.17. The van der Waals surface area contributed by atoms with Crippen LogP contribution in [0.2, 0.25) is 5.02 Å². The van der Waals surface area contributed by atoms with E-state index in [0.29, 0.717) is 0 Å². The van der Waals surface area contributed by atoms with Gasteiger partial charge in [-0.15, -0.1) is 0 Å². The topological polar surface area (TPSA) is 42.8 Å². The first kappa shape index (κ1) is 13.1. The van der Waals surface area contributed by atoms with Crippen molar-refractivity contribution in [3.05, 3.63) is 40.9 Å². The summed E-state index contributed by atoms with van der Waals surface area (Å²) in [5, 5.41) is 10.1. The largest absolute Gasteiger partial charge is 0.357 e. The van der Waals surface area contributed by atoms with Crippen LogP contribution in [0.4, 0.5) is 5.82 Å². The van der Waals surface area contributed by atoms with E-state index in [1.165, 1.54) is 19.3 Å². The van der Waals surface area contributed by atoms with Crippen LogP contribution in [0.5, 0.6) is 0 Å². The third-order valence-corrected chi connectivity index (χ3v) is 4.00. The molecule has 0 radical (unpaired) electrons. The zero-order valence-corrected chi connectivity index (χ0v) is 12.0. The Balaban J connectivity index is 1.96. The number of piperidine rings is 1. The zero-order chi connectivity index (χ0) is 13.9. The van der Waals surface area contributed by atoms with Crippen LogP contribution in [-0.2, 0) is 0 Å². The molecule has 3 rings (SSSR count). The van der Waals surface area contributed by atoms with Crippen LogP contribution in [0.3, 0.4) is 0 Å². The Morgan fingerprint density at radius 1 is 1.10 bits per heavy atom. The van der Waals surface area contributed by atoms with Crippen LogP contribution in [0.25, 0.3) is 11.3 Å². The highest BCUT2D eigenvalue weighted by molar-refractivity contribution is 6.30. The Morgan fingerprint density at radius 3 is 2.45 bits per heavy atom.